The maximum atomic E-state index is 12.5. The third-order valence-corrected chi connectivity index (χ3v) is 5.64. The van der Waals surface area contributed by atoms with Crippen LogP contribution in [0.1, 0.15) is 36.8 Å². The van der Waals surface area contributed by atoms with Crippen LogP contribution in [-0.4, -0.2) is 29.3 Å². The van der Waals surface area contributed by atoms with Gasteiger partial charge in [-0.25, -0.2) is 4.79 Å². The molecule has 0 saturated carbocycles. The second kappa shape index (κ2) is 9.60. The zero-order valence-electron chi connectivity index (χ0n) is 18.2. The maximum Gasteiger partial charge on any atom is 0.323 e. The van der Waals surface area contributed by atoms with E-state index in [0.29, 0.717) is 5.69 Å². The Hall–Kier alpha value is -3.41. The Morgan fingerprint density at radius 1 is 0.871 bits per heavy atom. The molecule has 6 nitrogen and oxygen atoms in total. The van der Waals surface area contributed by atoms with Gasteiger partial charge in [-0.05, 0) is 68.1 Å². The molecular formula is C25H29N5O. The Kier molecular flexibility index (Phi) is 6.46. The second-order valence-electron chi connectivity index (χ2n) is 8.16. The number of hydrogen-bond acceptors (Lipinski definition) is 4. The largest absolute Gasteiger partial charge is 0.355 e. The zero-order valence-corrected chi connectivity index (χ0v) is 18.2. The van der Waals surface area contributed by atoms with E-state index in [2.05, 4.69) is 25.7 Å². The first-order valence-corrected chi connectivity index (χ1v) is 10.9. The summed E-state index contributed by atoms with van der Waals surface area (Å²) in [6.07, 6.45) is 5.00. The third-order valence-electron chi connectivity index (χ3n) is 5.64. The van der Waals surface area contributed by atoms with Crippen LogP contribution in [-0.2, 0) is 0 Å². The smallest absolute Gasteiger partial charge is 0.323 e. The first-order valence-electron chi connectivity index (χ1n) is 10.9. The number of carbonyl (C=O) groups is 1. The molecule has 1 saturated heterocycles. The van der Waals surface area contributed by atoms with Crippen LogP contribution in [0, 0.1) is 13.8 Å². The normalized spacial score (nSPS) is 14.1. The Balaban J connectivity index is 1.44. The summed E-state index contributed by atoms with van der Waals surface area (Å²) in [6, 6.07) is 17.4. The SMILES string of the molecule is Cc1ccc(C)c(NC(=O)Nc2cccc(-c3ccc(N4CCCCCC4)nn3)c2)c1. The Labute approximate surface area is 183 Å². The molecule has 1 aliphatic rings. The Morgan fingerprint density at radius 2 is 1.68 bits per heavy atom. The van der Waals surface area contributed by atoms with Gasteiger partial charge in [-0.15, -0.1) is 10.2 Å². The number of aromatic nitrogens is 2. The van der Waals surface area contributed by atoms with Crippen molar-refractivity contribution in [3.05, 3.63) is 65.7 Å². The minimum Gasteiger partial charge on any atom is -0.355 e. The van der Waals surface area contributed by atoms with Gasteiger partial charge in [0.2, 0.25) is 0 Å². The molecule has 6 heteroatoms. The van der Waals surface area contributed by atoms with E-state index in [-0.39, 0.29) is 6.03 Å². The van der Waals surface area contributed by atoms with E-state index in [1.54, 1.807) is 0 Å². The molecule has 0 atom stereocenters. The number of benzene rings is 2. The van der Waals surface area contributed by atoms with Gasteiger partial charge in [0.05, 0.1) is 5.69 Å². The van der Waals surface area contributed by atoms with Crippen LogP contribution >= 0.6 is 0 Å². The first kappa shape index (κ1) is 20.8. The van der Waals surface area contributed by atoms with Crippen LogP contribution in [0.25, 0.3) is 11.3 Å². The minimum atomic E-state index is -0.270. The lowest BCUT2D eigenvalue weighted by molar-refractivity contribution is 0.262. The highest BCUT2D eigenvalue weighted by molar-refractivity contribution is 6.00. The number of urea groups is 1. The zero-order chi connectivity index (χ0) is 21.6. The van der Waals surface area contributed by atoms with Crippen molar-refractivity contribution < 1.29 is 4.79 Å². The van der Waals surface area contributed by atoms with E-state index >= 15 is 0 Å². The lowest BCUT2D eigenvalue weighted by Gasteiger charge is -2.20. The molecule has 160 valence electrons. The molecule has 3 aromatic rings. The third kappa shape index (κ3) is 5.40. The van der Waals surface area contributed by atoms with Gasteiger partial charge >= 0.3 is 6.03 Å². The number of amides is 2. The second-order valence-corrected chi connectivity index (χ2v) is 8.16. The summed E-state index contributed by atoms with van der Waals surface area (Å²) in [5.74, 6) is 0.938. The van der Waals surface area contributed by atoms with Crippen LogP contribution in [0.2, 0.25) is 0 Å². The van der Waals surface area contributed by atoms with E-state index < -0.39 is 0 Å². The molecule has 31 heavy (non-hydrogen) atoms. The average Bonchev–Trinajstić information content (AvgIpc) is 3.06. The van der Waals surface area contributed by atoms with E-state index in [1.165, 1.54) is 25.7 Å². The van der Waals surface area contributed by atoms with Gasteiger partial charge < -0.3 is 15.5 Å². The predicted molar refractivity (Wildman–Crippen MR) is 127 cm³/mol. The molecule has 2 amide bonds. The summed E-state index contributed by atoms with van der Waals surface area (Å²) in [5, 5.41) is 14.7. The first-order chi connectivity index (χ1) is 15.1. The molecule has 2 heterocycles. The number of hydrogen-bond donors (Lipinski definition) is 2. The van der Waals surface area contributed by atoms with Crippen molar-refractivity contribution in [3.63, 3.8) is 0 Å². The topological polar surface area (TPSA) is 70.2 Å². The molecule has 0 radical (unpaired) electrons. The molecule has 2 aromatic carbocycles. The van der Waals surface area contributed by atoms with Gasteiger partial charge in [0, 0.05) is 30.0 Å². The number of nitrogens with zero attached hydrogens (tertiary/aromatic N) is 3. The van der Waals surface area contributed by atoms with Gasteiger partial charge in [-0.2, -0.15) is 0 Å². The molecule has 0 aliphatic carbocycles. The molecule has 0 bridgehead atoms. The van der Waals surface area contributed by atoms with Crippen LogP contribution in [0.3, 0.4) is 0 Å². The fraction of sp³-hybridized carbons (Fsp3) is 0.320. The fourth-order valence-electron chi connectivity index (χ4n) is 3.86. The van der Waals surface area contributed by atoms with Gasteiger partial charge in [0.15, 0.2) is 5.82 Å². The maximum absolute atomic E-state index is 12.5. The summed E-state index contributed by atoms with van der Waals surface area (Å²) in [5.41, 5.74) is 5.35. The molecule has 2 N–H and O–H groups in total. The summed E-state index contributed by atoms with van der Waals surface area (Å²) in [6.45, 7) is 6.07. The molecule has 1 aromatic heterocycles. The standard InChI is InChI=1S/C25H29N5O/c1-18-10-11-19(2)23(16-18)27-25(31)26-21-9-7-8-20(17-21)22-12-13-24(29-28-22)30-14-5-3-4-6-15-30/h7-13,16-17H,3-6,14-15H2,1-2H3,(H2,26,27,31). The number of nitrogens with one attached hydrogen (secondary N) is 2. The van der Waals surface area contributed by atoms with E-state index in [4.69, 9.17) is 0 Å². The number of carbonyl (C=O) groups excluding carboxylic acids is 1. The Bertz CT molecular complexity index is 1040. The predicted octanol–water partition coefficient (Wildman–Crippen LogP) is 5.78. The minimum absolute atomic E-state index is 0.270. The summed E-state index contributed by atoms with van der Waals surface area (Å²) < 4.78 is 0. The lowest BCUT2D eigenvalue weighted by Crippen LogP contribution is -2.25. The quantitative estimate of drug-likeness (QED) is 0.566. The van der Waals surface area contributed by atoms with Crippen LogP contribution in [0.5, 0.6) is 0 Å². The van der Waals surface area contributed by atoms with Crippen molar-refractivity contribution in [1.82, 2.24) is 10.2 Å². The number of rotatable bonds is 4. The molecule has 1 aliphatic heterocycles. The average molecular weight is 416 g/mol. The molecular weight excluding hydrogens is 386 g/mol. The van der Waals surface area contributed by atoms with Crippen LogP contribution in [0.15, 0.2) is 54.6 Å². The van der Waals surface area contributed by atoms with Crippen molar-refractivity contribution in [2.24, 2.45) is 0 Å². The Morgan fingerprint density at radius 3 is 2.42 bits per heavy atom. The molecule has 0 spiro atoms. The van der Waals surface area contributed by atoms with Crippen LogP contribution in [0.4, 0.5) is 22.0 Å². The van der Waals surface area contributed by atoms with E-state index in [1.807, 2.05) is 68.4 Å². The monoisotopic (exact) mass is 415 g/mol. The summed E-state index contributed by atoms with van der Waals surface area (Å²) >= 11 is 0. The molecule has 4 rings (SSSR count). The lowest BCUT2D eigenvalue weighted by atomic mass is 10.1. The van der Waals surface area contributed by atoms with Crippen molar-refractivity contribution >= 4 is 23.2 Å². The van der Waals surface area contributed by atoms with Gasteiger partial charge in [-0.1, -0.05) is 37.1 Å². The van der Waals surface area contributed by atoms with E-state index in [0.717, 1.165) is 47.0 Å². The van der Waals surface area contributed by atoms with Gasteiger partial charge in [0.1, 0.15) is 0 Å². The van der Waals surface area contributed by atoms with Crippen molar-refractivity contribution in [2.45, 2.75) is 39.5 Å². The highest BCUT2D eigenvalue weighted by Gasteiger charge is 2.12. The van der Waals surface area contributed by atoms with Gasteiger partial charge in [-0.3, -0.25) is 0 Å². The van der Waals surface area contributed by atoms with Crippen molar-refractivity contribution in [3.8, 4) is 11.3 Å². The number of anilines is 3. The highest BCUT2D eigenvalue weighted by Crippen LogP contribution is 2.23. The summed E-state index contributed by atoms with van der Waals surface area (Å²) in [4.78, 5) is 14.8. The van der Waals surface area contributed by atoms with E-state index in [9.17, 15) is 4.79 Å². The van der Waals surface area contributed by atoms with Gasteiger partial charge in [0.25, 0.3) is 0 Å². The van der Waals surface area contributed by atoms with Crippen molar-refractivity contribution in [1.29, 1.82) is 0 Å². The molecule has 0 unspecified atom stereocenters. The number of aryl methyl sites for hydroxylation is 2. The summed E-state index contributed by atoms with van der Waals surface area (Å²) in [7, 11) is 0. The fourth-order valence-corrected chi connectivity index (χ4v) is 3.86. The van der Waals surface area contributed by atoms with Crippen LogP contribution < -0.4 is 15.5 Å². The molecule has 1 fully saturated rings. The van der Waals surface area contributed by atoms with Crippen molar-refractivity contribution in [2.75, 3.05) is 28.6 Å². The highest BCUT2D eigenvalue weighted by atomic mass is 16.2.